The van der Waals surface area contributed by atoms with Crippen LogP contribution in [0.4, 0.5) is 0 Å². The standard InChI is InChI=1S/C14H11Cl2N3O2S/c15-11-6-5-9(7-12(11)16)8-17-14-10-3-1-2-4-13(10)22(20,21)19-18-14/h1-7H,8H2,(H,17,18)(H,19,20,21). The van der Waals surface area contributed by atoms with E-state index in [1.807, 2.05) is 6.07 Å². The zero-order valence-corrected chi connectivity index (χ0v) is 13.5. The fourth-order valence-electron chi connectivity index (χ4n) is 2.04. The molecule has 5 nitrogen and oxygen atoms in total. The van der Waals surface area contributed by atoms with Gasteiger partial charge >= 0.3 is 0 Å². The van der Waals surface area contributed by atoms with E-state index in [1.54, 1.807) is 36.4 Å². The van der Waals surface area contributed by atoms with Crippen molar-refractivity contribution in [2.45, 2.75) is 11.4 Å². The molecule has 0 amide bonds. The van der Waals surface area contributed by atoms with Gasteiger partial charge in [0.15, 0.2) is 5.84 Å². The Hall–Kier alpha value is -1.60. The van der Waals surface area contributed by atoms with Crippen LogP contribution >= 0.6 is 23.2 Å². The molecule has 2 aromatic rings. The highest BCUT2D eigenvalue weighted by Crippen LogP contribution is 2.24. The van der Waals surface area contributed by atoms with Crippen molar-refractivity contribution in [1.82, 2.24) is 5.43 Å². The van der Waals surface area contributed by atoms with E-state index >= 15 is 0 Å². The Morgan fingerprint density at radius 3 is 2.73 bits per heavy atom. The predicted molar refractivity (Wildman–Crippen MR) is 87.7 cm³/mol. The summed E-state index contributed by atoms with van der Waals surface area (Å²) in [6, 6.07) is 12.0. The maximum absolute atomic E-state index is 12.0. The molecule has 114 valence electrons. The first kappa shape index (κ1) is 15.3. The first-order chi connectivity index (χ1) is 10.5. The molecule has 1 heterocycles. The summed E-state index contributed by atoms with van der Waals surface area (Å²) in [5.41, 5.74) is 3.98. The molecular weight excluding hydrogens is 345 g/mol. The Bertz CT molecular complexity index is 889. The number of amidine groups is 1. The molecule has 0 aliphatic carbocycles. The molecule has 1 unspecified atom stereocenters. The number of benzene rings is 2. The van der Waals surface area contributed by atoms with E-state index in [-0.39, 0.29) is 4.90 Å². The van der Waals surface area contributed by atoms with Crippen molar-refractivity contribution in [3.63, 3.8) is 0 Å². The monoisotopic (exact) mass is 355 g/mol. The molecule has 2 aromatic carbocycles. The van der Waals surface area contributed by atoms with Gasteiger partial charge in [0.05, 0.1) is 21.5 Å². The van der Waals surface area contributed by atoms with Gasteiger partial charge in [0.1, 0.15) is 0 Å². The third-order valence-corrected chi connectivity index (χ3v) is 5.11. The first-order valence-electron chi connectivity index (χ1n) is 6.30. The van der Waals surface area contributed by atoms with E-state index in [2.05, 4.69) is 14.9 Å². The van der Waals surface area contributed by atoms with E-state index in [4.69, 9.17) is 23.2 Å². The lowest BCUT2D eigenvalue weighted by molar-refractivity contribution is 0.545. The summed E-state index contributed by atoms with van der Waals surface area (Å²) in [6.45, 7) is 0.343. The molecule has 22 heavy (non-hydrogen) atoms. The minimum Gasteiger partial charge on any atom is -0.295 e. The summed E-state index contributed by atoms with van der Waals surface area (Å²) < 4.78 is 25.4. The van der Waals surface area contributed by atoms with Crippen molar-refractivity contribution in [3.8, 4) is 0 Å². The summed E-state index contributed by atoms with van der Waals surface area (Å²) in [5.74, 6) is 0.440. The number of aliphatic imine (C=N–C) groups is 1. The molecule has 1 aliphatic heterocycles. The molecule has 3 rings (SSSR count). The molecule has 0 radical (unpaired) electrons. The number of fused-ring (bicyclic) bond motifs is 1. The fraction of sp³-hybridized carbons (Fsp3) is 0.0714. The SMILES string of the molecule is O=S1(O)=NNC(=NCc2ccc(Cl)c(Cl)c2)c2ccccc21. The van der Waals surface area contributed by atoms with Gasteiger partial charge in [-0.25, -0.2) is 4.21 Å². The van der Waals surface area contributed by atoms with Crippen LogP contribution in [0.1, 0.15) is 11.1 Å². The van der Waals surface area contributed by atoms with Crippen LogP contribution in [0.25, 0.3) is 0 Å². The molecule has 0 bridgehead atoms. The highest BCUT2D eigenvalue weighted by atomic mass is 35.5. The Kier molecular flexibility index (Phi) is 4.10. The third kappa shape index (κ3) is 2.96. The Morgan fingerprint density at radius 1 is 1.18 bits per heavy atom. The average molecular weight is 356 g/mol. The second-order valence-electron chi connectivity index (χ2n) is 4.61. The van der Waals surface area contributed by atoms with Gasteiger partial charge in [0.2, 0.25) is 10.0 Å². The van der Waals surface area contributed by atoms with E-state index in [1.165, 1.54) is 0 Å². The van der Waals surface area contributed by atoms with Crippen LogP contribution in [-0.2, 0) is 16.6 Å². The van der Waals surface area contributed by atoms with E-state index in [0.717, 1.165) is 5.56 Å². The largest absolute Gasteiger partial charge is 0.295 e. The van der Waals surface area contributed by atoms with Crippen LogP contribution in [0.2, 0.25) is 10.0 Å². The maximum atomic E-state index is 12.0. The van der Waals surface area contributed by atoms with Gasteiger partial charge in [-0.1, -0.05) is 45.9 Å². The van der Waals surface area contributed by atoms with Crippen LogP contribution < -0.4 is 5.43 Å². The number of nitrogens with zero attached hydrogens (tertiary/aromatic N) is 2. The molecule has 8 heteroatoms. The summed E-state index contributed by atoms with van der Waals surface area (Å²) in [4.78, 5) is 4.66. The molecule has 0 fully saturated rings. The smallest absolute Gasteiger partial charge is 0.212 e. The van der Waals surface area contributed by atoms with Crippen molar-refractivity contribution in [1.29, 1.82) is 0 Å². The first-order valence-corrected chi connectivity index (χ1v) is 8.52. The summed E-state index contributed by atoms with van der Waals surface area (Å²) in [7, 11) is -3.43. The number of rotatable bonds is 2. The zero-order valence-electron chi connectivity index (χ0n) is 11.2. The molecule has 0 aromatic heterocycles. The fourth-order valence-corrected chi connectivity index (χ4v) is 3.37. The van der Waals surface area contributed by atoms with E-state index in [0.29, 0.717) is 28.0 Å². The molecule has 0 spiro atoms. The summed E-state index contributed by atoms with van der Waals surface area (Å²) in [6.07, 6.45) is 0. The van der Waals surface area contributed by atoms with Crippen molar-refractivity contribution >= 4 is 39.0 Å². The molecular formula is C14H11Cl2N3O2S. The Morgan fingerprint density at radius 2 is 1.95 bits per heavy atom. The minimum absolute atomic E-state index is 0.252. The van der Waals surface area contributed by atoms with Crippen molar-refractivity contribution in [3.05, 3.63) is 63.6 Å². The quantitative estimate of drug-likeness (QED) is 0.861. The van der Waals surface area contributed by atoms with Gasteiger partial charge in [0, 0.05) is 5.56 Å². The average Bonchev–Trinajstić information content (AvgIpc) is 2.50. The maximum Gasteiger partial charge on any atom is 0.212 e. The Labute approximate surface area is 138 Å². The van der Waals surface area contributed by atoms with Crippen LogP contribution in [0.5, 0.6) is 0 Å². The van der Waals surface area contributed by atoms with Crippen LogP contribution in [-0.4, -0.2) is 14.6 Å². The summed E-state index contributed by atoms with van der Waals surface area (Å²) in [5, 5.41) is 0.939. The van der Waals surface area contributed by atoms with Crippen molar-refractivity contribution in [2.24, 2.45) is 9.46 Å². The molecule has 1 atom stereocenters. The van der Waals surface area contributed by atoms with Crippen molar-refractivity contribution < 1.29 is 8.76 Å². The molecule has 1 aliphatic rings. The zero-order chi connectivity index (χ0) is 15.7. The van der Waals surface area contributed by atoms with E-state index in [9.17, 15) is 8.76 Å². The van der Waals surface area contributed by atoms with Gasteiger partial charge in [-0.3, -0.25) is 15.0 Å². The van der Waals surface area contributed by atoms with Gasteiger partial charge in [-0.15, -0.1) is 0 Å². The van der Waals surface area contributed by atoms with Crippen LogP contribution in [0.3, 0.4) is 0 Å². The second-order valence-corrected chi connectivity index (χ2v) is 7.04. The minimum atomic E-state index is -3.43. The molecule has 0 saturated heterocycles. The van der Waals surface area contributed by atoms with Gasteiger partial charge in [-0.2, -0.15) is 0 Å². The van der Waals surface area contributed by atoms with E-state index < -0.39 is 10.0 Å². The topological polar surface area (TPSA) is 74.0 Å². The normalized spacial score (nSPS) is 21.9. The third-order valence-electron chi connectivity index (χ3n) is 3.11. The highest BCUT2D eigenvalue weighted by Gasteiger charge is 2.22. The second kappa shape index (κ2) is 5.89. The number of halogens is 2. The van der Waals surface area contributed by atoms with Crippen molar-refractivity contribution in [2.75, 3.05) is 0 Å². The lowest BCUT2D eigenvalue weighted by Gasteiger charge is -2.17. The molecule has 2 N–H and O–H groups in total. The van der Waals surface area contributed by atoms with Gasteiger partial charge < -0.3 is 0 Å². The van der Waals surface area contributed by atoms with Crippen LogP contribution in [0, 0.1) is 0 Å². The van der Waals surface area contributed by atoms with Crippen LogP contribution in [0.15, 0.2) is 56.8 Å². The Balaban J connectivity index is 1.95. The van der Waals surface area contributed by atoms with Gasteiger partial charge in [0.25, 0.3) is 0 Å². The number of hydrogen-bond donors (Lipinski definition) is 2. The molecule has 0 saturated carbocycles. The van der Waals surface area contributed by atoms with Gasteiger partial charge in [-0.05, 0) is 29.8 Å². The lowest BCUT2D eigenvalue weighted by Crippen LogP contribution is -2.28. The number of nitrogens with one attached hydrogen (secondary N) is 1. The predicted octanol–water partition coefficient (Wildman–Crippen LogP) is 3.76. The lowest BCUT2D eigenvalue weighted by atomic mass is 10.2. The summed E-state index contributed by atoms with van der Waals surface area (Å²) >= 11 is 11.8. The number of hydrogen-bond acceptors (Lipinski definition) is 3. The highest BCUT2D eigenvalue weighted by molar-refractivity contribution is 7.88.